The molecule has 0 aliphatic carbocycles. The Morgan fingerprint density at radius 3 is 2.43 bits per heavy atom. The van der Waals surface area contributed by atoms with Gasteiger partial charge < -0.3 is 15.4 Å². The molecule has 0 saturated carbocycles. The average Bonchev–Trinajstić information content (AvgIpc) is 2.99. The van der Waals surface area contributed by atoms with Gasteiger partial charge in [0.15, 0.2) is 5.96 Å². The molecule has 0 atom stereocenters. The lowest BCUT2D eigenvalue weighted by Gasteiger charge is -2.11. The van der Waals surface area contributed by atoms with Crippen molar-refractivity contribution < 1.29 is 4.74 Å². The number of guanidine groups is 1. The van der Waals surface area contributed by atoms with E-state index in [0.717, 1.165) is 48.3 Å². The van der Waals surface area contributed by atoms with Gasteiger partial charge in [-0.2, -0.15) is 0 Å². The highest BCUT2D eigenvalue weighted by atomic mass is 32.1. The molecule has 2 rings (SSSR count). The number of aryl methyl sites for hydroxylation is 1. The van der Waals surface area contributed by atoms with E-state index in [4.69, 9.17) is 4.74 Å². The van der Waals surface area contributed by atoms with Gasteiger partial charge in [-0.05, 0) is 31.0 Å². The third-order valence-corrected chi connectivity index (χ3v) is 4.25. The van der Waals surface area contributed by atoms with Gasteiger partial charge in [0, 0.05) is 31.9 Å². The van der Waals surface area contributed by atoms with Crippen molar-refractivity contribution in [3.05, 3.63) is 45.9 Å². The number of aliphatic imine (C=N–C) groups is 1. The van der Waals surface area contributed by atoms with E-state index in [-0.39, 0.29) is 0 Å². The van der Waals surface area contributed by atoms with E-state index in [1.54, 1.807) is 25.5 Å². The first-order valence-electron chi connectivity index (χ1n) is 7.69. The summed E-state index contributed by atoms with van der Waals surface area (Å²) in [5.41, 5.74) is 2.40. The van der Waals surface area contributed by atoms with Gasteiger partial charge in [-0.25, -0.2) is 4.98 Å². The van der Waals surface area contributed by atoms with Gasteiger partial charge in [-0.15, -0.1) is 11.3 Å². The second-order valence-corrected chi connectivity index (χ2v) is 6.19. The number of methoxy groups -OCH3 is 1. The standard InChI is InChI=1S/C17H24N4OS/c1-13-21-15(12-23-13)9-11-20-17(18-2)19-10-8-14-4-6-16(22-3)7-5-14/h4-7,12H,8-11H2,1-3H3,(H2,18,19,20). The Morgan fingerprint density at radius 1 is 1.17 bits per heavy atom. The van der Waals surface area contributed by atoms with E-state index in [9.17, 15) is 0 Å². The molecule has 0 radical (unpaired) electrons. The molecule has 1 aromatic heterocycles. The zero-order valence-electron chi connectivity index (χ0n) is 13.9. The van der Waals surface area contributed by atoms with Crippen LogP contribution in [0.15, 0.2) is 34.6 Å². The molecule has 2 aromatic rings. The van der Waals surface area contributed by atoms with E-state index in [2.05, 4.69) is 38.1 Å². The Bertz CT molecular complexity index is 622. The fourth-order valence-electron chi connectivity index (χ4n) is 2.17. The number of ether oxygens (including phenoxy) is 1. The van der Waals surface area contributed by atoms with Crippen LogP contribution in [0.1, 0.15) is 16.3 Å². The monoisotopic (exact) mass is 332 g/mol. The Morgan fingerprint density at radius 2 is 1.87 bits per heavy atom. The lowest BCUT2D eigenvalue weighted by molar-refractivity contribution is 0.414. The third kappa shape index (κ3) is 5.90. The minimum atomic E-state index is 0.825. The molecule has 124 valence electrons. The Labute approximate surface area is 141 Å². The van der Waals surface area contributed by atoms with Gasteiger partial charge >= 0.3 is 0 Å². The van der Waals surface area contributed by atoms with E-state index >= 15 is 0 Å². The van der Waals surface area contributed by atoms with Crippen LogP contribution in [0, 0.1) is 6.92 Å². The van der Waals surface area contributed by atoms with Crippen LogP contribution in [0.2, 0.25) is 0 Å². The number of rotatable bonds is 7. The number of hydrogen-bond acceptors (Lipinski definition) is 4. The number of aromatic nitrogens is 1. The van der Waals surface area contributed by atoms with E-state index in [0.29, 0.717) is 0 Å². The van der Waals surface area contributed by atoms with Crippen molar-refractivity contribution in [3.8, 4) is 5.75 Å². The maximum atomic E-state index is 5.16. The molecule has 0 unspecified atom stereocenters. The molecule has 0 aliphatic rings. The van der Waals surface area contributed by atoms with E-state index in [1.165, 1.54) is 5.56 Å². The van der Waals surface area contributed by atoms with Crippen LogP contribution in [0.25, 0.3) is 0 Å². The summed E-state index contributed by atoms with van der Waals surface area (Å²) in [5.74, 6) is 1.71. The lowest BCUT2D eigenvalue weighted by atomic mass is 10.1. The molecule has 0 amide bonds. The molecule has 1 aromatic carbocycles. The topological polar surface area (TPSA) is 58.5 Å². The fraction of sp³-hybridized carbons (Fsp3) is 0.412. The molecule has 0 aliphatic heterocycles. The molecule has 6 heteroatoms. The normalized spacial score (nSPS) is 11.3. The number of benzene rings is 1. The number of nitrogens with one attached hydrogen (secondary N) is 2. The zero-order chi connectivity index (χ0) is 16.5. The van der Waals surface area contributed by atoms with Crippen LogP contribution in [0.5, 0.6) is 5.75 Å². The Hall–Kier alpha value is -2.08. The van der Waals surface area contributed by atoms with Gasteiger partial charge in [0.1, 0.15) is 5.75 Å². The highest BCUT2D eigenvalue weighted by molar-refractivity contribution is 7.09. The molecule has 23 heavy (non-hydrogen) atoms. The van der Waals surface area contributed by atoms with Crippen molar-refractivity contribution >= 4 is 17.3 Å². The van der Waals surface area contributed by atoms with Crippen molar-refractivity contribution in [2.24, 2.45) is 4.99 Å². The zero-order valence-corrected chi connectivity index (χ0v) is 14.7. The lowest BCUT2D eigenvalue weighted by Crippen LogP contribution is -2.39. The second kappa shape index (κ2) is 9.15. The SMILES string of the molecule is CN=C(NCCc1ccc(OC)cc1)NCCc1csc(C)n1. The Balaban J connectivity index is 1.68. The maximum absolute atomic E-state index is 5.16. The van der Waals surface area contributed by atoms with Gasteiger partial charge in [0.05, 0.1) is 17.8 Å². The first kappa shape index (κ1) is 17.3. The third-order valence-electron chi connectivity index (χ3n) is 3.43. The highest BCUT2D eigenvalue weighted by Crippen LogP contribution is 2.11. The quantitative estimate of drug-likeness (QED) is 0.604. The van der Waals surface area contributed by atoms with Crippen molar-refractivity contribution in [1.82, 2.24) is 15.6 Å². The predicted molar refractivity (Wildman–Crippen MR) is 96.6 cm³/mol. The summed E-state index contributed by atoms with van der Waals surface area (Å²) < 4.78 is 5.16. The first-order chi connectivity index (χ1) is 11.2. The van der Waals surface area contributed by atoms with Crippen molar-refractivity contribution in [1.29, 1.82) is 0 Å². The summed E-state index contributed by atoms with van der Waals surface area (Å²) in [5, 5.41) is 9.86. The number of thiazole rings is 1. The van der Waals surface area contributed by atoms with Crippen LogP contribution in [-0.2, 0) is 12.8 Å². The fourth-order valence-corrected chi connectivity index (χ4v) is 2.82. The van der Waals surface area contributed by atoms with Crippen LogP contribution in [0.4, 0.5) is 0 Å². The molecule has 0 fully saturated rings. The van der Waals surface area contributed by atoms with Crippen LogP contribution >= 0.6 is 11.3 Å². The van der Waals surface area contributed by atoms with Crippen LogP contribution in [-0.4, -0.2) is 38.2 Å². The van der Waals surface area contributed by atoms with Crippen LogP contribution < -0.4 is 15.4 Å². The highest BCUT2D eigenvalue weighted by Gasteiger charge is 2.01. The minimum Gasteiger partial charge on any atom is -0.497 e. The first-order valence-corrected chi connectivity index (χ1v) is 8.57. The van der Waals surface area contributed by atoms with Gasteiger partial charge in [0.2, 0.25) is 0 Å². The maximum Gasteiger partial charge on any atom is 0.190 e. The summed E-state index contributed by atoms with van der Waals surface area (Å²) in [4.78, 5) is 8.70. The van der Waals surface area contributed by atoms with Crippen molar-refractivity contribution in [2.75, 3.05) is 27.2 Å². The molecule has 0 spiro atoms. The van der Waals surface area contributed by atoms with Crippen molar-refractivity contribution in [2.45, 2.75) is 19.8 Å². The second-order valence-electron chi connectivity index (χ2n) is 5.13. The number of hydrogen-bond donors (Lipinski definition) is 2. The summed E-state index contributed by atoms with van der Waals surface area (Å²) in [6, 6.07) is 8.14. The number of nitrogens with zero attached hydrogens (tertiary/aromatic N) is 2. The summed E-state index contributed by atoms with van der Waals surface area (Å²) in [6.45, 7) is 3.69. The molecule has 5 nitrogen and oxygen atoms in total. The van der Waals surface area contributed by atoms with Gasteiger partial charge in [-0.1, -0.05) is 12.1 Å². The van der Waals surface area contributed by atoms with Gasteiger partial charge in [-0.3, -0.25) is 4.99 Å². The molecule has 1 heterocycles. The van der Waals surface area contributed by atoms with Crippen LogP contribution in [0.3, 0.4) is 0 Å². The minimum absolute atomic E-state index is 0.825. The molecule has 0 bridgehead atoms. The molecular formula is C17H24N4OS. The summed E-state index contributed by atoms with van der Waals surface area (Å²) in [7, 11) is 3.47. The van der Waals surface area contributed by atoms with E-state index in [1.807, 2.05) is 19.1 Å². The molecular weight excluding hydrogens is 308 g/mol. The van der Waals surface area contributed by atoms with Crippen molar-refractivity contribution in [3.63, 3.8) is 0 Å². The summed E-state index contributed by atoms with van der Waals surface area (Å²) >= 11 is 1.69. The average molecular weight is 332 g/mol. The molecule has 0 saturated heterocycles. The largest absolute Gasteiger partial charge is 0.497 e. The Kier molecular flexibility index (Phi) is 6.87. The molecule has 2 N–H and O–H groups in total. The predicted octanol–water partition coefficient (Wildman–Crippen LogP) is 2.41. The summed E-state index contributed by atoms with van der Waals surface area (Å²) in [6.07, 6.45) is 1.85. The smallest absolute Gasteiger partial charge is 0.190 e. The van der Waals surface area contributed by atoms with Gasteiger partial charge in [0.25, 0.3) is 0 Å². The van der Waals surface area contributed by atoms with E-state index < -0.39 is 0 Å².